The summed E-state index contributed by atoms with van der Waals surface area (Å²) < 4.78 is 26.3. The van der Waals surface area contributed by atoms with Crippen molar-refractivity contribution in [1.82, 2.24) is 20.2 Å². The lowest BCUT2D eigenvalue weighted by Gasteiger charge is -2.06. The number of hydrogen-bond donors (Lipinski definition) is 2. The topological polar surface area (TPSA) is 127 Å². The summed E-state index contributed by atoms with van der Waals surface area (Å²) in [7, 11) is -3.90. The first-order chi connectivity index (χ1) is 8.96. The number of anilines is 1. The Morgan fingerprint density at radius 2 is 2.00 bits per heavy atom. The maximum atomic E-state index is 11.4. The van der Waals surface area contributed by atoms with E-state index in [-0.39, 0.29) is 5.69 Å². The maximum Gasteiger partial charge on any atom is 0.320 e. The lowest BCUT2D eigenvalue weighted by Crippen LogP contribution is -2.22. The van der Waals surface area contributed by atoms with Crippen molar-refractivity contribution in [2.45, 2.75) is 0 Å². The number of nitrogens with one attached hydrogen (secondary N) is 1. The molecule has 0 aliphatic rings. The van der Waals surface area contributed by atoms with Crippen LogP contribution in [0.1, 0.15) is 0 Å². The molecular formula is C9H9N5O4S. The van der Waals surface area contributed by atoms with Crippen molar-refractivity contribution < 1.29 is 18.3 Å². The van der Waals surface area contributed by atoms with Gasteiger partial charge in [0, 0.05) is 5.69 Å². The molecule has 0 radical (unpaired) electrons. The zero-order chi connectivity index (χ0) is 13.9. The van der Waals surface area contributed by atoms with Crippen molar-refractivity contribution in [3.8, 4) is 5.69 Å². The Morgan fingerprint density at radius 3 is 2.53 bits per heavy atom. The summed E-state index contributed by atoms with van der Waals surface area (Å²) in [5.74, 6) is -2.40. The zero-order valence-electron chi connectivity index (χ0n) is 9.46. The van der Waals surface area contributed by atoms with Crippen LogP contribution >= 0.6 is 0 Å². The Balaban J connectivity index is 2.13. The number of carbonyl (C=O) groups is 1. The number of sulfonamides is 1. The molecule has 2 rings (SSSR count). The van der Waals surface area contributed by atoms with Crippen LogP contribution in [0.15, 0.2) is 30.6 Å². The number of hydrogen-bond acceptors (Lipinski definition) is 6. The second kappa shape index (κ2) is 5.02. The van der Waals surface area contributed by atoms with Gasteiger partial charge in [0.15, 0.2) is 5.75 Å². The highest BCUT2D eigenvalue weighted by Gasteiger charge is 2.15. The Hall–Kier alpha value is -2.49. The molecule has 0 unspecified atom stereocenters. The summed E-state index contributed by atoms with van der Waals surface area (Å²) in [6.07, 6.45) is 1.39. The largest absolute Gasteiger partial charge is 0.480 e. The van der Waals surface area contributed by atoms with Crippen LogP contribution < -0.4 is 4.72 Å². The van der Waals surface area contributed by atoms with Gasteiger partial charge in [-0.25, -0.2) is 13.1 Å². The number of carboxylic acids is 1. The number of aliphatic carboxylic acids is 1. The summed E-state index contributed by atoms with van der Waals surface area (Å²) in [5, 5.41) is 19.1. The van der Waals surface area contributed by atoms with E-state index in [1.807, 2.05) is 0 Å². The van der Waals surface area contributed by atoms with Gasteiger partial charge in [0.2, 0.25) is 10.0 Å². The summed E-state index contributed by atoms with van der Waals surface area (Å²) in [6, 6.07) is 6.15. The van der Waals surface area contributed by atoms with Crippen LogP contribution in [-0.4, -0.2) is 45.5 Å². The molecule has 10 heteroatoms. The van der Waals surface area contributed by atoms with Gasteiger partial charge in [0.1, 0.15) is 6.33 Å². The van der Waals surface area contributed by atoms with Gasteiger partial charge >= 0.3 is 5.97 Å². The quantitative estimate of drug-likeness (QED) is 0.756. The van der Waals surface area contributed by atoms with Crippen molar-refractivity contribution in [2.75, 3.05) is 10.5 Å². The molecule has 0 aliphatic heterocycles. The van der Waals surface area contributed by atoms with Crippen LogP contribution in [0.5, 0.6) is 0 Å². The lowest BCUT2D eigenvalue weighted by molar-refractivity contribution is -0.134. The molecule has 2 N–H and O–H groups in total. The number of aromatic nitrogens is 4. The molecular weight excluding hydrogens is 274 g/mol. The summed E-state index contributed by atoms with van der Waals surface area (Å²) in [5.41, 5.74) is 0.907. The lowest BCUT2D eigenvalue weighted by atomic mass is 10.3. The van der Waals surface area contributed by atoms with E-state index in [0.717, 1.165) is 0 Å². The summed E-state index contributed by atoms with van der Waals surface area (Å²) >= 11 is 0. The van der Waals surface area contributed by atoms with Crippen molar-refractivity contribution >= 4 is 21.7 Å². The molecule has 0 atom stereocenters. The highest BCUT2D eigenvalue weighted by atomic mass is 32.2. The van der Waals surface area contributed by atoms with Crippen LogP contribution in [0.2, 0.25) is 0 Å². The van der Waals surface area contributed by atoms with E-state index in [2.05, 4.69) is 20.2 Å². The van der Waals surface area contributed by atoms with Gasteiger partial charge in [-0.15, -0.1) is 5.10 Å². The molecule has 0 bridgehead atoms. The third-order valence-electron chi connectivity index (χ3n) is 2.07. The van der Waals surface area contributed by atoms with E-state index in [9.17, 15) is 13.2 Å². The van der Waals surface area contributed by atoms with E-state index in [0.29, 0.717) is 5.69 Å². The monoisotopic (exact) mass is 283 g/mol. The van der Waals surface area contributed by atoms with Gasteiger partial charge in [-0.3, -0.25) is 9.52 Å². The van der Waals surface area contributed by atoms with Crippen molar-refractivity contribution in [3.63, 3.8) is 0 Å². The third kappa shape index (κ3) is 3.48. The fourth-order valence-corrected chi connectivity index (χ4v) is 2.23. The molecule has 0 aliphatic carbocycles. The summed E-state index contributed by atoms with van der Waals surface area (Å²) in [6.45, 7) is 0. The first-order valence-electron chi connectivity index (χ1n) is 5.02. The first kappa shape index (κ1) is 13.0. The fourth-order valence-electron chi connectivity index (χ4n) is 1.34. The number of benzene rings is 1. The van der Waals surface area contributed by atoms with Gasteiger partial charge in [0.25, 0.3) is 0 Å². The molecule has 0 saturated carbocycles. The van der Waals surface area contributed by atoms with Crippen LogP contribution in [0, 0.1) is 0 Å². The molecule has 0 fully saturated rings. The molecule has 1 heterocycles. The zero-order valence-corrected chi connectivity index (χ0v) is 10.3. The van der Waals surface area contributed by atoms with Crippen LogP contribution in [0.3, 0.4) is 0 Å². The Bertz CT molecular complexity index is 665. The Kier molecular flexibility index (Phi) is 3.42. The number of rotatable bonds is 5. The number of nitrogens with zero attached hydrogens (tertiary/aromatic N) is 4. The average molecular weight is 283 g/mol. The minimum Gasteiger partial charge on any atom is -0.480 e. The normalized spacial score (nSPS) is 11.2. The van der Waals surface area contributed by atoms with Crippen molar-refractivity contribution in [1.29, 1.82) is 0 Å². The predicted molar refractivity (Wildman–Crippen MR) is 64.2 cm³/mol. The molecule has 9 nitrogen and oxygen atoms in total. The minimum absolute atomic E-state index is 0.262. The van der Waals surface area contributed by atoms with E-state index >= 15 is 0 Å². The van der Waals surface area contributed by atoms with Gasteiger partial charge in [-0.1, -0.05) is 0 Å². The molecule has 100 valence electrons. The van der Waals surface area contributed by atoms with Gasteiger partial charge in [0.05, 0.1) is 5.69 Å². The van der Waals surface area contributed by atoms with Crippen LogP contribution in [0.4, 0.5) is 5.69 Å². The molecule has 0 saturated heterocycles. The van der Waals surface area contributed by atoms with Crippen LogP contribution in [-0.2, 0) is 14.8 Å². The molecule has 19 heavy (non-hydrogen) atoms. The Labute approximate surface area is 107 Å². The summed E-state index contributed by atoms with van der Waals surface area (Å²) in [4.78, 5) is 10.4. The second-order valence-corrected chi connectivity index (χ2v) is 5.28. The number of tetrazole rings is 1. The van der Waals surface area contributed by atoms with E-state index < -0.39 is 21.7 Å². The molecule has 1 aromatic heterocycles. The van der Waals surface area contributed by atoms with Crippen molar-refractivity contribution in [3.05, 3.63) is 30.6 Å². The third-order valence-corrected chi connectivity index (χ3v) is 3.24. The van der Waals surface area contributed by atoms with Crippen LogP contribution in [0.25, 0.3) is 5.69 Å². The van der Waals surface area contributed by atoms with Crippen molar-refractivity contribution in [2.24, 2.45) is 0 Å². The Morgan fingerprint density at radius 1 is 1.32 bits per heavy atom. The highest BCUT2D eigenvalue weighted by molar-refractivity contribution is 7.93. The standard InChI is InChI=1S/C9H9N5O4S/c15-9(16)5-19(17,18)11-7-1-3-8(4-2-7)14-6-10-12-13-14/h1-4,6,11H,5H2,(H,15,16). The molecule has 0 spiro atoms. The van der Waals surface area contributed by atoms with E-state index in [4.69, 9.17) is 5.11 Å². The van der Waals surface area contributed by atoms with Gasteiger partial charge in [-0.2, -0.15) is 0 Å². The van der Waals surface area contributed by atoms with Gasteiger partial charge in [-0.05, 0) is 34.7 Å². The van der Waals surface area contributed by atoms with E-state index in [1.165, 1.54) is 23.1 Å². The van der Waals surface area contributed by atoms with Gasteiger partial charge < -0.3 is 5.11 Å². The molecule has 2 aromatic rings. The average Bonchev–Trinajstić information content (AvgIpc) is 2.81. The molecule has 0 amide bonds. The highest BCUT2D eigenvalue weighted by Crippen LogP contribution is 2.13. The fraction of sp³-hybridized carbons (Fsp3) is 0.111. The first-order valence-corrected chi connectivity index (χ1v) is 6.67. The predicted octanol–water partition coefficient (Wildman–Crippen LogP) is -0.511. The van der Waals surface area contributed by atoms with E-state index in [1.54, 1.807) is 12.1 Å². The smallest absolute Gasteiger partial charge is 0.320 e. The minimum atomic E-state index is -3.90. The number of carboxylic acid groups (broad SMARTS) is 1. The SMILES string of the molecule is O=C(O)CS(=O)(=O)Nc1ccc(-n2cnnn2)cc1. The maximum absolute atomic E-state index is 11.4. The molecule has 1 aromatic carbocycles. The second-order valence-electron chi connectivity index (χ2n) is 3.56.